The van der Waals surface area contributed by atoms with Gasteiger partial charge in [-0.2, -0.15) is 0 Å². The molecule has 23 heavy (non-hydrogen) atoms. The molecule has 0 aliphatic carbocycles. The van der Waals surface area contributed by atoms with Crippen LogP contribution in [-0.4, -0.2) is 44.6 Å². The van der Waals surface area contributed by atoms with E-state index in [1.54, 1.807) is 6.07 Å². The summed E-state index contributed by atoms with van der Waals surface area (Å²) in [5.74, 6) is 0.137. The standard InChI is InChI=1S/C14H19F3N2O2.2ClH/c1-10(19-7-5-18-6-8-19)12-4-3-11(9-13(12)20-2)21-14(15,16)17;;/h3-4,9-10,18H,5-8H2,1-2H3;2*1H/t10-;;/m1../s1. The van der Waals surface area contributed by atoms with Crippen molar-refractivity contribution in [3.8, 4) is 11.5 Å². The van der Waals surface area contributed by atoms with E-state index in [-0.39, 0.29) is 36.6 Å². The summed E-state index contributed by atoms with van der Waals surface area (Å²) in [4.78, 5) is 2.26. The predicted molar refractivity (Wildman–Crippen MR) is 87.0 cm³/mol. The number of hydrogen-bond donors (Lipinski definition) is 1. The second kappa shape index (κ2) is 9.42. The molecular formula is C14H21Cl2F3N2O2. The van der Waals surface area contributed by atoms with Crippen molar-refractivity contribution in [2.45, 2.75) is 19.3 Å². The fraction of sp³-hybridized carbons (Fsp3) is 0.571. The number of hydrogen-bond acceptors (Lipinski definition) is 4. The first-order valence-electron chi connectivity index (χ1n) is 6.79. The minimum Gasteiger partial charge on any atom is -0.496 e. The molecule has 1 N–H and O–H groups in total. The monoisotopic (exact) mass is 376 g/mol. The smallest absolute Gasteiger partial charge is 0.496 e. The van der Waals surface area contributed by atoms with E-state index in [1.807, 2.05) is 6.92 Å². The molecule has 1 fully saturated rings. The van der Waals surface area contributed by atoms with Gasteiger partial charge >= 0.3 is 6.36 Å². The van der Waals surface area contributed by atoms with E-state index in [0.717, 1.165) is 31.7 Å². The maximum atomic E-state index is 12.2. The highest BCUT2D eigenvalue weighted by molar-refractivity contribution is 5.85. The van der Waals surface area contributed by atoms with Gasteiger partial charge in [0.05, 0.1) is 7.11 Å². The number of ether oxygens (including phenoxy) is 2. The van der Waals surface area contributed by atoms with Crippen LogP contribution in [0, 0.1) is 0 Å². The molecule has 134 valence electrons. The Hall–Kier alpha value is -0.890. The van der Waals surface area contributed by atoms with Crippen LogP contribution in [0.5, 0.6) is 11.5 Å². The van der Waals surface area contributed by atoms with Crippen molar-refractivity contribution >= 4 is 24.8 Å². The van der Waals surface area contributed by atoms with E-state index < -0.39 is 6.36 Å². The maximum Gasteiger partial charge on any atom is 0.573 e. The van der Waals surface area contributed by atoms with E-state index >= 15 is 0 Å². The van der Waals surface area contributed by atoms with Gasteiger partial charge in [0.25, 0.3) is 0 Å². The highest BCUT2D eigenvalue weighted by Gasteiger charge is 2.31. The van der Waals surface area contributed by atoms with E-state index in [9.17, 15) is 13.2 Å². The summed E-state index contributed by atoms with van der Waals surface area (Å²) in [6, 6.07) is 4.31. The lowest BCUT2D eigenvalue weighted by molar-refractivity contribution is -0.274. The summed E-state index contributed by atoms with van der Waals surface area (Å²) in [5.41, 5.74) is 0.855. The summed E-state index contributed by atoms with van der Waals surface area (Å²) in [7, 11) is 1.45. The molecule has 0 unspecified atom stereocenters. The van der Waals surface area contributed by atoms with Crippen LogP contribution in [0.1, 0.15) is 18.5 Å². The molecule has 1 saturated heterocycles. The van der Waals surface area contributed by atoms with Gasteiger partial charge < -0.3 is 14.8 Å². The number of alkyl halides is 3. The van der Waals surface area contributed by atoms with Gasteiger partial charge in [-0.15, -0.1) is 38.0 Å². The van der Waals surface area contributed by atoms with Crippen LogP contribution in [0.4, 0.5) is 13.2 Å². The number of methoxy groups -OCH3 is 1. The minimum absolute atomic E-state index is 0. The van der Waals surface area contributed by atoms with Crippen LogP contribution >= 0.6 is 24.8 Å². The molecule has 1 aliphatic rings. The summed E-state index contributed by atoms with van der Waals surface area (Å²) < 4.78 is 45.9. The number of rotatable bonds is 4. The zero-order valence-corrected chi connectivity index (χ0v) is 14.5. The Balaban J connectivity index is 0.00000242. The molecule has 4 nitrogen and oxygen atoms in total. The second-order valence-corrected chi connectivity index (χ2v) is 4.91. The second-order valence-electron chi connectivity index (χ2n) is 4.91. The number of halogens is 5. The molecular weight excluding hydrogens is 356 g/mol. The number of nitrogens with one attached hydrogen (secondary N) is 1. The van der Waals surface area contributed by atoms with Crippen molar-refractivity contribution in [3.63, 3.8) is 0 Å². The van der Waals surface area contributed by atoms with Gasteiger partial charge in [0.1, 0.15) is 11.5 Å². The third kappa shape index (κ3) is 6.25. The molecule has 0 aromatic heterocycles. The van der Waals surface area contributed by atoms with Crippen LogP contribution in [0.15, 0.2) is 18.2 Å². The zero-order chi connectivity index (χ0) is 15.5. The third-order valence-electron chi connectivity index (χ3n) is 3.59. The van der Waals surface area contributed by atoms with E-state index in [0.29, 0.717) is 5.75 Å². The first-order chi connectivity index (χ1) is 9.90. The first-order valence-corrected chi connectivity index (χ1v) is 6.79. The highest BCUT2D eigenvalue weighted by Crippen LogP contribution is 2.34. The van der Waals surface area contributed by atoms with Crippen molar-refractivity contribution in [3.05, 3.63) is 23.8 Å². The number of nitrogens with zero attached hydrogens (tertiary/aromatic N) is 1. The third-order valence-corrected chi connectivity index (χ3v) is 3.59. The van der Waals surface area contributed by atoms with Gasteiger partial charge in [-0.1, -0.05) is 6.07 Å². The number of piperazine rings is 1. The largest absolute Gasteiger partial charge is 0.573 e. The van der Waals surface area contributed by atoms with Crippen LogP contribution < -0.4 is 14.8 Å². The lowest BCUT2D eigenvalue weighted by atomic mass is 10.0. The number of benzene rings is 1. The summed E-state index contributed by atoms with van der Waals surface area (Å²) in [6.45, 7) is 5.62. The Morgan fingerprint density at radius 2 is 1.78 bits per heavy atom. The molecule has 0 amide bonds. The van der Waals surface area contributed by atoms with Crippen LogP contribution in [-0.2, 0) is 0 Å². The lowest BCUT2D eigenvalue weighted by Crippen LogP contribution is -2.44. The molecule has 1 atom stereocenters. The molecule has 1 aromatic carbocycles. The van der Waals surface area contributed by atoms with Gasteiger partial charge in [-0.25, -0.2) is 0 Å². The predicted octanol–water partition coefficient (Wildman–Crippen LogP) is 3.40. The highest BCUT2D eigenvalue weighted by atomic mass is 35.5. The fourth-order valence-electron chi connectivity index (χ4n) is 2.50. The van der Waals surface area contributed by atoms with Crippen molar-refractivity contribution in [2.24, 2.45) is 0 Å². The molecule has 0 bridgehead atoms. The minimum atomic E-state index is -4.70. The van der Waals surface area contributed by atoms with Gasteiger partial charge in [0.15, 0.2) is 0 Å². The van der Waals surface area contributed by atoms with Gasteiger partial charge in [-0.3, -0.25) is 4.90 Å². The molecule has 0 spiro atoms. The fourth-order valence-corrected chi connectivity index (χ4v) is 2.50. The maximum absolute atomic E-state index is 12.2. The topological polar surface area (TPSA) is 33.7 Å². The van der Waals surface area contributed by atoms with Gasteiger partial charge in [0, 0.05) is 43.9 Å². The summed E-state index contributed by atoms with van der Waals surface area (Å²) in [5, 5.41) is 3.27. The molecule has 1 aliphatic heterocycles. The Morgan fingerprint density at radius 1 is 1.17 bits per heavy atom. The Morgan fingerprint density at radius 3 is 2.30 bits per heavy atom. The van der Waals surface area contributed by atoms with Crippen LogP contribution in [0.3, 0.4) is 0 Å². The van der Waals surface area contributed by atoms with Crippen molar-refractivity contribution in [2.75, 3.05) is 33.3 Å². The summed E-state index contributed by atoms with van der Waals surface area (Å²) in [6.07, 6.45) is -4.70. The van der Waals surface area contributed by atoms with Crippen LogP contribution in [0.25, 0.3) is 0 Å². The quantitative estimate of drug-likeness (QED) is 0.872. The Bertz CT molecular complexity index is 484. The normalized spacial score (nSPS) is 16.7. The van der Waals surface area contributed by atoms with Gasteiger partial charge in [-0.05, 0) is 13.0 Å². The van der Waals surface area contributed by atoms with Gasteiger partial charge in [0.2, 0.25) is 0 Å². The first kappa shape index (κ1) is 22.1. The average molecular weight is 377 g/mol. The van der Waals surface area contributed by atoms with Crippen LogP contribution in [0.2, 0.25) is 0 Å². The molecule has 1 aromatic rings. The van der Waals surface area contributed by atoms with Crippen molar-refractivity contribution in [1.82, 2.24) is 10.2 Å². The van der Waals surface area contributed by atoms with Crippen molar-refractivity contribution < 1.29 is 22.6 Å². The lowest BCUT2D eigenvalue weighted by Gasteiger charge is -2.33. The Kier molecular flexibility index (Phi) is 9.05. The SMILES string of the molecule is COc1cc(OC(F)(F)F)ccc1[C@@H](C)N1CCNCC1.Cl.Cl. The van der Waals surface area contributed by atoms with E-state index in [1.165, 1.54) is 19.2 Å². The Labute approximate surface area is 146 Å². The molecule has 9 heteroatoms. The zero-order valence-electron chi connectivity index (χ0n) is 12.9. The van der Waals surface area contributed by atoms with E-state index in [2.05, 4.69) is 15.0 Å². The van der Waals surface area contributed by atoms with E-state index in [4.69, 9.17) is 4.74 Å². The summed E-state index contributed by atoms with van der Waals surface area (Å²) >= 11 is 0. The molecule has 2 rings (SSSR count). The average Bonchev–Trinajstić information content (AvgIpc) is 2.45. The molecule has 1 heterocycles. The van der Waals surface area contributed by atoms with Crippen molar-refractivity contribution in [1.29, 1.82) is 0 Å². The molecule has 0 saturated carbocycles. The molecule has 0 radical (unpaired) electrons.